The van der Waals surface area contributed by atoms with E-state index in [0.717, 1.165) is 6.42 Å². The fraction of sp³-hybridized carbons (Fsp3) is 0.316. The Bertz CT molecular complexity index is 946. The molecule has 0 unspecified atom stereocenters. The van der Waals surface area contributed by atoms with Crippen LogP contribution in [0.1, 0.15) is 19.3 Å². The molecule has 2 aromatic rings. The quantitative estimate of drug-likeness (QED) is 0.764. The molecule has 1 aromatic carbocycles. The molecular weight excluding hydrogens is 392 g/mol. The zero-order valence-electron chi connectivity index (χ0n) is 15.5. The van der Waals surface area contributed by atoms with E-state index in [1.54, 1.807) is 23.7 Å². The van der Waals surface area contributed by atoms with E-state index >= 15 is 0 Å². The largest absolute Gasteiger partial charge is 0.368 e. The lowest BCUT2D eigenvalue weighted by Crippen LogP contribution is -2.46. The molecule has 4 rings (SSSR count). The Hall–Kier alpha value is -3.27. The van der Waals surface area contributed by atoms with Crippen LogP contribution in [0.3, 0.4) is 0 Å². The third-order valence-electron chi connectivity index (χ3n) is 4.99. The monoisotopic (exact) mass is 412 g/mol. The first-order chi connectivity index (χ1) is 14.0. The number of primary amides is 1. The van der Waals surface area contributed by atoms with Gasteiger partial charge in [0.2, 0.25) is 11.8 Å². The third-order valence-corrected chi connectivity index (χ3v) is 5.67. The first-order valence-corrected chi connectivity index (χ1v) is 10.1. The van der Waals surface area contributed by atoms with Crippen LogP contribution in [0.25, 0.3) is 0 Å². The number of anilines is 2. The van der Waals surface area contributed by atoms with Gasteiger partial charge >= 0.3 is 0 Å². The number of hydrogen-bond donors (Lipinski definition) is 2. The van der Waals surface area contributed by atoms with Crippen LogP contribution in [-0.2, 0) is 14.4 Å². The molecule has 2 aliphatic heterocycles. The Labute approximate surface area is 171 Å². The van der Waals surface area contributed by atoms with Gasteiger partial charge in [0, 0.05) is 24.5 Å². The summed E-state index contributed by atoms with van der Waals surface area (Å²) in [5, 5.41) is 10.9. The predicted octanol–water partition coefficient (Wildman–Crippen LogP) is 1.19. The lowest BCUT2D eigenvalue weighted by Gasteiger charge is -2.23. The molecule has 0 bridgehead atoms. The van der Waals surface area contributed by atoms with E-state index in [0.29, 0.717) is 23.8 Å². The summed E-state index contributed by atoms with van der Waals surface area (Å²) in [6.07, 6.45) is 3.00. The Morgan fingerprint density at radius 3 is 2.66 bits per heavy atom. The number of amides is 3. The van der Waals surface area contributed by atoms with Crippen LogP contribution in [0.4, 0.5) is 10.8 Å². The van der Waals surface area contributed by atoms with Gasteiger partial charge in [-0.3, -0.25) is 19.4 Å². The SMILES string of the molecule is NC(=O)[C@@H]1CC(C(=O)N2CCC[C@@H]2C(=O)Nc2nccs2)=NN1c1ccccc1. The Kier molecular flexibility index (Phi) is 5.26. The van der Waals surface area contributed by atoms with Crippen LogP contribution in [-0.4, -0.2) is 51.9 Å². The number of carbonyl (C=O) groups is 3. The van der Waals surface area contributed by atoms with E-state index < -0.39 is 18.0 Å². The highest BCUT2D eigenvalue weighted by Crippen LogP contribution is 2.27. The molecular formula is C19H20N6O3S. The van der Waals surface area contributed by atoms with Crippen molar-refractivity contribution in [1.82, 2.24) is 9.88 Å². The van der Waals surface area contributed by atoms with Crippen molar-refractivity contribution in [2.75, 3.05) is 16.9 Å². The molecule has 0 saturated carbocycles. The van der Waals surface area contributed by atoms with Crippen molar-refractivity contribution < 1.29 is 14.4 Å². The molecule has 0 aliphatic carbocycles. The smallest absolute Gasteiger partial charge is 0.270 e. The molecule has 2 aliphatic rings. The maximum Gasteiger partial charge on any atom is 0.270 e. The van der Waals surface area contributed by atoms with Crippen molar-refractivity contribution in [2.24, 2.45) is 10.8 Å². The lowest BCUT2D eigenvalue weighted by molar-refractivity contribution is -0.131. The fourth-order valence-corrected chi connectivity index (χ4v) is 4.13. The summed E-state index contributed by atoms with van der Waals surface area (Å²) in [5.41, 5.74) is 6.45. The normalized spacial score (nSPS) is 21.2. The molecule has 150 valence electrons. The van der Waals surface area contributed by atoms with Crippen LogP contribution >= 0.6 is 11.3 Å². The molecule has 1 saturated heterocycles. The van der Waals surface area contributed by atoms with Crippen LogP contribution in [0.5, 0.6) is 0 Å². The molecule has 3 heterocycles. The summed E-state index contributed by atoms with van der Waals surface area (Å²) >= 11 is 1.32. The molecule has 1 fully saturated rings. The van der Waals surface area contributed by atoms with Gasteiger partial charge < -0.3 is 16.0 Å². The van der Waals surface area contributed by atoms with Crippen molar-refractivity contribution in [3.8, 4) is 0 Å². The van der Waals surface area contributed by atoms with Gasteiger partial charge in [-0.15, -0.1) is 11.3 Å². The van der Waals surface area contributed by atoms with E-state index in [2.05, 4.69) is 15.4 Å². The van der Waals surface area contributed by atoms with Crippen molar-refractivity contribution in [3.63, 3.8) is 0 Å². The molecule has 0 spiro atoms. The second-order valence-electron chi connectivity index (χ2n) is 6.83. The van der Waals surface area contributed by atoms with Gasteiger partial charge in [-0.2, -0.15) is 5.10 Å². The molecule has 3 N–H and O–H groups in total. The van der Waals surface area contributed by atoms with Gasteiger partial charge in [0.1, 0.15) is 17.8 Å². The molecule has 3 amide bonds. The number of hydrazone groups is 1. The number of para-hydroxylation sites is 1. The molecule has 1 aromatic heterocycles. The number of likely N-dealkylation sites (tertiary alicyclic amines) is 1. The van der Waals surface area contributed by atoms with E-state index in [4.69, 9.17) is 5.73 Å². The standard InChI is InChI=1S/C19H20N6O3S/c20-16(26)15-11-13(23-25(15)12-5-2-1-3-6-12)18(28)24-9-4-7-14(24)17(27)22-19-21-8-10-29-19/h1-3,5-6,8,10,14-15H,4,7,9,11H2,(H2,20,26)(H,21,22,27)/t14-,15+/m1/s1. The van der Waals surface area contributed by atoms with Crippen molar-refractivity contribution in [2.45, 2.75) is 31.3 Å². The van der Waals surface area contributed by atoms with Gasteiger partial charge in [-0.25, -0.2) is 4.98 Å². The highest BCUT2D eigenvalue weighted by Gasteiger charge is 2.41. The number of nitrogens with one attached hydrogen (secondary N) is 1. The van der Waals surface area contributed by atoms with Gasteiger partial charge in [-0.05, 0) is 25.0 Å². The number of thiazole rings is 1. The summed E-state index contributed by atoms with van der Waals surface area (Å²) < 4.78 is 0. The van der Waals surface area contributed by atoms with Crippen LogP contribution in [0.2, 0.25) is 0 Å². The van der Waals surface area contributed by atoms with E-state index in [-0.39, 0.29) is 23.9 Å². The summed E-state index contributed by atoms with van der Waals surface area (Å²) in [5.74, 6) is -1.16. The van der Waals surface area contributed by atoms with E-state index in [9.17, 15) is 14.4 Å². The maximum atomic E-state index is 13.1. The minimum absolute atomic E-state index is 0.111. The Balaban J connectivity index is 1.53. The average Bonchev–Trinajstić information content (AvgIpc) is 3.47. The summed E-state index contributed by atoms with van der Waals surface area (Å²) in [4.78, 5) is 43.3. The summed E-state index contributed by atoms with van der Waals surface area (Å²) in [6.45, 7) is 0.459. The number of carbonyl (C=O) groups excluding carboxylic acids is 3. The second kappa shape index (κ2) is 8.00. The van der Waals surface area contributed by atoms with Crippen LogP contribution in [0, 0.1) is 0 Å². The Morgan fingerprint density at radius 2 is 1.97 bits per heavy atom. The molecule has 10 heteroatoms. The van der Waals surface area contributed by atoms with Gasteiger partial charge in [-0.1, -0.05) is 18.2 Å². The maximum absolute atomic E-state index is 13.1. The third kappa shape index (κ3) is 3.83. The summed E-state index contributed by atoms with van der Waals surface area (Å²) in [7, 11) is 0. The van der Waals surface area contributed by atoms with Gasteiger partial charge in [0.05, 0.1) is 5.69 Å². The highest BCUT2D eigenvalue weighted by atomic mass is 32.1. The minimum atomic E-state index is -0.735. The lowest BCUT2D eigenvalue weighted by atomic mass is 10.1. The van der Waals surface area contributed by atoms with Gasteiger partial charge in [0.25, 0.3) is 5.91 Å². The van der Waals surface area contributed by atoms with E-state index in [1.807, 2.05) is 18.2 Å². The number of hydrogen-bond acceptors (Lipinski definition) is 7. The average molecular weight is 412 g/mol. The van der Waals surface area contributed by atoms with Crippen molar-refractivity contribution >= 4 is 45.6 Å². The minimum Gasteiger partial charge on any atom is -0.368 e. The number of aromatic nitrogens is 1. The van der Waals surface area contributed by atoms with E-state index in [1.165, 1.54) is 21.2 Å². The number of nitrogens with two attached hydrogens (primary N) is 1. The first-order valence-electron chi connectivity index (χ1n) is 9.27. The molecule has 29 heavy (non-hydrogen) atoms. The molecule has 9 nitrogen and oxygen atoms in total. The second-order valence-corrected chi connectivity index (χ2v) is 7.73. The van der Waals surface area contributed by atoms with Crippen molar-refractivity contribution in [1.29, 1.82) is 0 Å². The zero-order valence-corrected chi connectivity index (χ0v) is 16.3. The predicted molar refractivity (Wildman–Crippen MR) is 109 cm³/mol. The van der Waals surface area contributed by atoms with Crippen LogP contribution < -0.4 is 16.1 Å². The Morgan fingerprint density at radius 1 is 1.17 bits per heavy atom. The zero-order chi connectivity index (χ0) is 20.4. The first kappa shape index (κ1) is 19.1. The molecule has 2 atom stereocenters. The summed E-state index contributed by atoms with van der Waals surface area (Å²) in [6, 6.07) is 7.77. The fourth-order valence-electron chi connectivity index (χ4n) is 3.60. The van der Waals surface area contributed by atoms with Crippen LogP contribution in [0.15, 0.2) is 47.0 Å². The topological polar surface area (TPSA) is 121 Å². The highest BCUT2D eigenvalue weighted by molar-refractivity contribution is 7.13. The van der Waals surface area contributed by atoms with Crippen molar-refractivity contribution in [3.05, 3.63) is 41.9 Å². The number of rotatable bonds is 5. The number of nitrogens with zero attached hydrogens (tertiary/aromatic N) is 4. The number of benzene rings is 1. The molecule has 0 radical (unpaired) electrons. The van der Waals surface area contributed by atoms with Gasteiger partial charge in [0.15, 0.2) is 5.13 Å².